The van der Waals surface area contributed by atoms with E-state index in [1.165, 1.54) is 13.1 Å². The third kappa shape index (κ3) is 3.74. The summed E-state index contributed by atoms with van der Waals surface area (Å²) in [7, 11) is 0. The summed E-state index contributed by atoms with van der Waals surface area (Å²) < 4.78 is 1.09. The van der Waals surface area contributed by atoms with E-state index in [1.54, 1.807) is 0 Å². The molecule has 0 saturated heterocycles. The average Bonchev–Trinajstić information content (AvgIpc) is 2.39. The van der Waals surface area contributed by atoms with Crippen LogP contribution in [0.25, 0.3) is 0 Å². The molecule has 19 heavy (non-hydrogen) atoms. The molecule has 0 bridgehead atoms. The summed E-state index contributed by atoms with van der Waals surface area (Å²) in [5.41, 5.74) is -0.940. The zero-order chi connectivity index (χ0) is 14.6. The summed E-state index contributed by atoms with van der Waals surface area (Å²) >= 11 is 0. The van der Waals surface area contributed by atoms with Crippen LogP contribution in [0.4, 0.5) is 0 Å². The number of aryl methyl sites for hydroxylation is 1. The number of aliphatic hydroxyl groups excluding tert-OH is 4. The van der Waals surface area contributed by atoms with Crippen LogP contribution in [0, 0.1) is 6.92 Å². The summed E-state index contributed by atoms with van der Waals surface area (Å²) in [6, 6.07) is -0.806. The zero-order valence-corrected chi connectivity index (χ0v) is 10.5. The minimum absolute atomic E-state index is 0.135. The van der Waals surface area contributed by atoms with Gasteiger partial charge in [-0.25, -0.2) is 4.79 Å². The second kappa shape index (κ2) is 6.62. The summed E-state index contributed by atoms with van der Waals surface area (Å²) in [5.74, 6) is 0. The molecule has 0 radical (unpaired) electrons. The number of hydrogen-bond acceptors (Lipinski definition) is 6. The Morgan fingerprint density at radius 3 is 2.37 bits per heavy atom. The van der Waals surface area contributed by atoms with Gasteiger partial charge in [0.15, 0.2) is 0 Å². The number of aliphatic hydroxyl groups is 4. The molecule has 0 aliphatic rings. The Labute approximate surface area is 108 Å². The number of aromatic nitrogens is 2. The monoisotopic (exact) mass is 274 g/mol. The molecule has 0 aromatic carbocycles. The summed E-state index contributed by atoms with van der Waals surface area (Å²) in [6.45, 7) is 0.418. The summed E-state index contributed by atoms with van der Waals surface area (Å²) in [5, 5.41) is 36.8. The standard InChI is InChI=1S/C11H18N2O6/c1-6-3-13(11(19)12-10(6)18)7(4-14)2-8(16)9(17)5-15/h3,7-9,14-17H,2,4-5H2,1H3,(H,12,18,19)/t7-,8-,9+/m0/s1. The quantitative estimate of drug-likeness (QED) is 0.388. The van der Waals surface area contributed by atoms with Gasteiger partial charge in [-0.15, -0.1) is 0 Å². The van der Waals surface area contributed by atoms with Gasteiger partial charge in [-0.3, -0.25) is 14.3 Å². The molecule has 0 saturated carbocycles. The predicted molar refractivity (Wildman–Crippen MR) is 65.9 cm³/mol. The molecule has 5 N–H and O–H groups in total. The second-order valence-corrected chi connectivity index (χ2v) is 4.37. The molecule has 8 nitrogen and oxygen atoms in total. The normalized spacial score (nSPS) is 16.1. The van der Waals surface area contributed by atoms with Crippen LogP contribution in [-0.2, 0) is 0 Å². The highest BCUT2D eigenvalue weighted by molar-refractivity contribution is 5.02. The smallest absolute Gasteiger partial charge is 0.328 e. The minimum atomic E-state index is -1.35. The first-order chi connectivity index (χ1) is 8.90. The van der Waals surface area contributed by atoms with Gasteiger partial charge in [-0.2, -0.15) is 0 Å². The van der Waals surface area contributed by atoms with Crippen LogP contribution in [0.3, 0.4) is 0 Å². The maximum Gasteiger partial charge on any atom is 0.328 e. The fraction of sp³-hybridized carbons (Fsp3) is 0.636. The van der Waals surface area contributed by atoms with Gasteiger partial charge in [0.2, 0.25) is 0 Å². The highest BCUT2D eigenvalue weighted by Gasteiger charge is 2.22. The van der Waals surface area contributed by atoms with Crippen LogP contribution in [0.2, 0.25) is 0 Å². The summed E-state index contributed by atoms with van der Waals surface area (Å²) in [4.78, 5) is 24.9. The van der Waals surface area contributed by atoms with E-state index in [2.05, 4.69) is 4.98 Å². The van der Waals surface area contributed by atoms with Crippen LogP contribution in [0.1, 0.15) is 18.0 Å². The fourth-order valence-electron chi connectivity index (χ4n) is 1.69. The van der Waals surface area contributed by atoms with E-state index in [1.807, 2.05) is 0 Å². The highest BCUT2D eigenvalue weighted by Crippen LogP contribution is 2.13. The number of rotatable bonds is 6. The topological polar surface area (TPSA) is 136 Å². The van der Waals surface area contributed by atoms with Gasteiger partial charge >= 0.3 is 5.69 Å². The molecule has 0 aliphatic heterocycles. The number of aromatic amines is 1. The minimum Gasteiger partial charge on any atom is -0.394 e. The maximum absolute atomic E-state index is 11.6. The van der Waals surface area contributed by atoms with Crippen molar-refractivity contribution in [1.82, 2.24) is 9.55 Å². The average molecular weight is 274 g/mol. The van der Waals surface area contributed by atoms with Crippen molar-refractivity contribution in [2.24, 2.45) is 0 Å². The molecular formula is C11H18N2O6. The van der Waals surface area contributed by atoms with Gasteiger partial charge in [0.25, 0.3) is 5.56 Å². The van der Waals surface area contributed by atoms with Crippen molar-refractivity contribution in [2.75, 3.05) is 13.2 Å². The third-order valence-corrected chi connectivity index (χ3v) is 2.89. The number of hydrogen-bond donors (Lipinski definition) is 5. The van der Waals surface area contributed by atoms with Gasteiger partial charge < -0.3 is 20.4 Å². The van der Waals surface area contributed by atoms with Crippen LogP contribution in [-0.4, -0.2) is 55.4 Å². The predicted octanol–water partition coefficient (Wildman–Crippen LogP) is -2.52. The van der Waals surface area contributed by atoms with Gasteiger partial charge in [0, 0.05) is 11.8 Å². The molecule has 0 spiro atoms. The lowest BCUT2D eigenvalue weighted by atomic mass is 10.1. The van der Waals surface area contributed by atoms with Crippen molar-refractivity contribution in [3.05, 3.63) is 32.6 Å². The van der Waals surface area contributed by atoms with E-state index in [4.69, 9.17) is 5.11 Å². The van der Waals surface area contributed by atoms with Crippen LogP contribution in [0.15, 0.2) is 15.8 Å². The lowest BCUT2D eigenvalue weighted by molar-refractivity contribution is -0.0274. The van der Waals surface area contributed by atoms with Crippen molar-refractivity contribution in [3.63, 3.8) is 0 Å². The maximum atomic E-state index is 11.6. The van der Waals surface area contributed by atoms with E-state index in [0.717, 1.165) is 4.57 Å². The first-order valence-electron chi connectivity index (χ1n) is 5.80. The molecule has 3 atom stereocenters. The SMILES string of the molecule is Cc1cn([C@H](CO)C[C@H](O)[C@H](O)CO)c(=O)[nH]c1=O. The fourth-order valence-corrected chi connectivity index (χ4v) is 1.69. The largest absolute Gasteiger partial charge is 0.394 e. The molecule has 108 valence electrons. The number of nitrogens with zero attached hydrogens (tertiary/aromatic N) is 1. The Morgan fingerprint density at radius 1 is 1.21 bits per heavy atom. The van der Waals surface area contributed by atoms with Gasteiger partial charge in [-0.1, -0.05) is 0 Å². The molecule has 0 amide bonds. The Balaban J connectivity index is 3.01. The molecular weight excluding hydrogens is 256 g/mol. The van der Waals surface area contributed by atoms with E-state index >= 15 is 0 Å². The summed E-state index contributed by atoms with van der Waals surface area (Å²) in [6.07, 6.45) is -1.50. The Morgan fingerprint density at radius 2 is 1.84 bits per heavy atom. The lowest BCUT2D eigenvalue weighted by Crippen LogP contribution is -2.38. The van der Waals surface area contributed by atoms with E-state index in [-0.39, 0.29) is 12.0 Å². The van der Waals surface area contributed by atoms with E-state index < -0.39 is 42.7 Å². The molecule has 1 heterocycles. The van der Waals surface area contributed by atoms with Crippen molar-refractivity contribution in [1.29, 1.82) is 0 Å². The molecule has 1 rings (SSSR count). The van der Waals surface area contributed by atoms with Crippen LogP contribution < -0.4 is 11.2 Å². The first kappa shape index (κ1) is 15.6. The van der Waals surface area contributed by atoms with Gasteiger partial charge in [0.1, 0.15) is 6.10 Å². The molecule has 8 heteroatoms. The number of nitrogens with one attached hydrogen (secondary N) is 1. The highest BCUT2D eigenvalue weighted by atomic mass is 16.4. The van der Waals surface area contributed by atoms with Crippen molar-refractivity contribution >= 4 is 0 Å². The van der Waals surface area contributed by atoms with Crippen molar-refractivity contribution in [3.8, 4) is 0 Å². The van der Waals surface area contributed by atoms with Crippen LogP contribution >= 0.6 is 0 Å². The Kier molecular flexibility index (Phi) is 5.43. The van der Waals surface area contributed by atoms with E-state index in [0.29, 0.717) is 0 Å². The van der Waals surface area contributed by atoms with Crippen molar-refractivity contribution in [2.45, 2.75) is 31.6 Å². The molecule has 0 fully saturated rings. The van der Waals surface area contributed by atoms with Crippen molar-refractivity contribution < 1.29 is 20.4 Å². The molecule has 1 aromatic heterocycles. The Hall–Kier alpha value is -1.48. The van der Waals surface area contributed by atoms with Gasteiger partial charge in [-0.05, 0) is 13.3 Å². The molecule has 0 unspecified atom stereocenters. The van der Waals surface area contributed by atoms with E-state index in [9.17, 15) is 24.9 Å². The van der Waals surface area contributed by atoms with Gasteiger partial charge in [0.05, 0.1) is 25.4 Å². The Bertz CT molecular complexity index is 523. The third-order valence-electron chi connectivity index (χ3n) is 2.89. The lowest BCUT2D eigenvalue weighted by Gasteiger charge is -2.22. The first-order valence-corrected chi connectivity index (χ1v) is 5.80. The number of H-pyrrole nitrogens is 1. The van der Waals surface area contributed by atoms with Crippen LogP contribution in [0.5, 0.6) is 0 Å². The molecule has 0 aliphatic carbocycles. The zero-order valence-electron chi connectivity index (χ0n) is 10.5. The molecule has 1 aromatic rings. The second-order valence-electron chi connectivity index (χ2n) is 4.37.